The van der Waals surface area contributed by atoms with Crippen molar-refractivity contribution in [1.29, 1.82) is 0 Å². The molecule has 105 valence electrons. The maximum Gasteiger partial charge on any atom is 0.211 e. The molecule has 0 heterocycles. The van der Waals surface area contributed by atoms with Gasteiger partial charge in [-0.3, -0.25) is 0 Å². The van der Waals surface area contributed by atoms with Crippen LogP contribution in [0.15, 0.2) is 24.3 Å². The molecule has 1 aliphatic carbocycles. The Morgan fingerprint density at radius 2 is 1.84 bits per heavy atom. The molecule has 1 atom stereocenters. The molecule has 1 aliphatic rings. The van der Waals surface area contributed by atoms with Crippen molar-refractivity contribution in [3.05, 3.63) is 35.4 Å². The molecule has 0 spiro atoms. The topological polar surface area (TPSA) is 37.4 Å². The standard InChI is InChI=1S/C14H21NO2S.V/c1-14(15(2)18(3,16)17)11-7-6-9-12-8-4-5-10-13(12)14;/h4-5,8,10H,6-7,9,11H2,1-3H3;. The minimum Gasteiger partial charge on any atom is -0.212 e. The summed E-state index contributed by atoms with van der Waals surface area (Å²) in [5.41, 5.74) is 2.03. The Morgan fingerprint density at radius 1 is 1.21 bits per heavy atom. The van der Waals surface area contributed by atoms with Gasteiger partial charge in [-0.25, -0.2) is 8.42 Å². The van der Waals surface area contributed by atoms with E-state index in [1.54, 1.807) is 7.05 Å². The minimum atomic E-state index is -3.19. The van der Waals surface area contributed by atoms with Crippen molar-refractivity contribution in [2.75, 3.05) is 13.3 Å². The summed E-state index contributed by atoms with van der Waals surface area (Å²) >= 11 is 0. The largest absolute Gasteiger partial charge is 0.212 e. The van der Waals surface area contributed by atoms with Crippen LogP contribution in [0.2, 0.25) is 0 Å². The van der Waals surface area contributed by atoms with Crippen molar-refractivity contribution >= 4 is 10.0 Å². The number of rotatable bonds is 2. The summed E-state index contributed by atoms with van der Waals surface area (Å²) in [6, 6.07) is 8.22. The minimum absolute atomic E-state index is 0. The van der Waals surface area contributed by atoms with E-state index in [0.717, 1.165) is 31.2 Å². The average molecular weight is 318 g/mol. The molecule has 0 amide bonds. The third-order valence-corrected chi connectivity index (χ3v) is 5.55. The van der Waals surface area contributed by atoms with Crippen LogP contribution in [0, 0.1) is 0 Å². The molecule has 1 aromatic carbocycles. The van der Waals surface area contributed by atoms with E-state index in [0.29, 0.717) is 0 Å². The Balaban J connectivity index is 0.00000180. The zero-order valence-corrected chi connectivity index (χ0v) is 14.0. The Bertz CT molecular complexity index is 544. The number of nitrogens with zero attached hydrogens (tertiary/aromatic N) is 1. The Kier molecular flexibility index (Phi) is 5.30. The van der Waals surface area contributed by atoms with Crippen LogP contribution < -0.4 is 0 Å². The maximum atomic E-state index is 11.9. The second kappa shape index (κ2) is 6.00. The first-order valence-corrected chi connectivity index (χ1v) is 8.23. The van der Waals surface area contributed by atoms with E-state index in [-0.39, 0.29) is 18.6 Å². The number of sulfonamides is 1. The molecule has 0 saturated carbocycles. The SMILES string of the molecule is CN(C1(C)CCCCc2ccccc21)S(C)(=O)=O.[V]. The maximum absolute atomic E-state index is 11.9. The first-order chi connectivity index (χ1) is 8.36. The van der Waals surface area contributed by atoms with Crippen LogP contribution >= 0.6 is 0 Å². The fourth-order valence-corrected chi connectivity index (χ4v) is 3.80. The molecule has 0 bridgehead atoms. The van der Waals surface area contributed by atoms with Crippen LogP contribution in [0.5, 0.6) is 0 Å². The number of hydrogen-bond donors (Lipinski definition) is 0. The molecule has 5 heteroatoms. The van der Waals surface area contributed by atoms with Crippen molar-refractivity contribution < 1.29 is 27.0 Å². The van der Waals surface area contributed by atoms with E-state index in [9.17, 15) is 8.42 Å². The molecule has 1 aromatic rings. The Labute approximate surface area is 128 Å². The molecular formula is C14H21NO2SV. The molecule has 0 fully saturated rings. The van der Waals surface area contributed by atoms with Crippen molar-refractivity contribution in [3.63, 3.8) is 0 Å². The zero-order chi connectivity index (χ0) is 13.4. The molecule has 19 heavy (non-hydrogen) atoms. The fraction of sp³-hybridized carbons (Fsp3) is 0.571. The predicted octanol–water partition coefficient (Wildman–Crippen LogP) is 2.52. The molecule has 1 radical (unpaired) electrons. The third-order valence-electron chi connectivity index (χ3n) is 4.15. The summed E-state index contributed by atoms with van der Waals surface area (Å²) in [5, 5.41) is 0. The number of aryl methyl sites for hydroxylation is 1. The Morgan fingerprint density at radius 3 is 2.47 bits per heavy atom. The van der Waals surface area contributed by atoms with Gasteiger partial charge in [0, 0.05) is 25.6 Å². The molecule has 2 rings (SSSR count). The van der Waals surface area contributed by atoms with Gasteiger partial charge in [-0.05, 0) is 37.3 Å². The van der Waals surface area contributed by atoms with Gasteiger partial charge in [-0.15, -0.1) is 0 Å². The van der Waals surface area contributed by atoms with E-state index in [4.69, 9.17) is 0 Å². The van der Waals surface area contributed by atoms with E-state index >= 15 is 0 Å². The summed E-state index contributed by atoms with van der Waals surface area (Å²) in [6.45, 7) is 2.04. The van der Waals surface area contributed by atoms with Crippen LogP contribution in [-0.2, 0) is 40.5 Å². The summed E-state index contributed by atoms with van der Waals surface area (Å²) in [4.78, 5) is 0. The second-order valence-electron chi connectivity index (χ2n) is 5.37. The van der Waals surface area contributed by atoms with Crippen molar-refractivity contribution in [3.8, 4) is 0 Å². The molecule has 1 unspecified atom stereocenters. The summed E-state index contributed by atoms with van der Waals surface area (Å²) < 4.78 is 25.3. The number of fused-ring (bicyclic) bond motifs is 1. The molecule has 0 aromatic heterocycles. The van der Waals surface area contributed by atoms with Gasteiger partial charge < -0.3 is 0 Å². The number of hydrogen-bond acceptors (Lipinski definition) is 2. The van der Waals surface area contributed by atoms with Crippen LogP contribution in [0.1, 0.15) is 37.3 Å². The molecule has 0 N–H and O–H groups in total. The first-order valence-electron chi connectivity index (χ1n) is 6.38. The van der Waals surface area contributed by atoms with Gasteiger partial charge in [-0.1, -0.05) is 30.7 Å². The van der Waals surface area contributed by atoms with Crippen LogP contribution in [0.3, 0.4) is 0 Å². The second-order valence-corrected chi connectivity index (χ2v) is 7.38. The van der Waals surface area contributed by atoms with Crippen LogP contribution in [0.25, 0.3) is 0 Å². The molecule has 0 saturated heterocycles. The summed E-state index contributed by atoms with van der Waals surface area (Å²) in [7, 11) is -1.49. The molecule has 0 aliphatic heterocycles. The van der Waals surface area contributed by atoms with Crippen LogP contribution in [0.4, 0.5) is 0 Å². The first kappa shape index (κ1) is 16.8. The average Bonchev–Trinajstić information content (AvgIpc) is 2.48. The van der Waals surface area contributed by atoms with Crippen molar-refractivity contribution in [2.45, 2.75) is 38.1 Å². The van der Waals surface area contributed by atoms with Gasteiger partial charge in [0.2, 0.25) is 10.0 Å². The van der Waals surface area contributed by atoms with E-state index < -0.39 is 15.6 Å². The molecular weight excluding hydrogens is 297 g/mol. The fourth-order valence-electron chi connectivity index (χ4n) is 2.88. The van der Waals surface area contributed by atoms with E-state index in [1.165, 1.54) is 16.1 Å². The zero-order valence-electron chi connectivity index (χ0n) is 11.8. The monoisotopic (exact) mass is 318 g/mol. The number of benzene rings is 1. The van der Waals surface area contributed by atoms with Crippen molar-refractivity contribution in [1.82, 2.24) is 4.31 Å². The molecule has 3 nitrogen and oxygen atoms in total. The third kappa shape index (κ3) is 3.25. The van der Waals surface area contributed by atoms with Gasteiger partial charge in [0.05, 0.1) is 11.8 Å². The normalized spacial score (nSPS) is 23.4. The van der Waals surface area contributed by atoms with Gasteiger partial charge >= 0.3 is 0 Å². The Hall–Kier alpha value is -0.286. The smallest absolute Gasteiger partial charge is 0.211 e. The quantitative estimate of drug-likeness (QED) is 0.786. The summed E-state index contributed by atoms with van der Waals surface area (Å²) in [5.74, 6) is 0. The van der Waals surface area contributed by atoms with Gasteiger partial charge in [0.1, 0.15) is 0 Å². The van der Waals surface area contributed by atoms with Crippen LogP contribution in [-0.4, -0.2) is 26.0 Å². The van der Waals surface area contributed by atoms with E-state index in [1.807, 2.05) is 19.1 Å². The van der Waals surface area contributed by atoms with Gasteiger partial charge in [0.15, 0.2) is 0 Å². The van der Waals surface area contributed by atoms with E-state index in [2.05, 4.69) is 12.1 Å². The van der Waals surface area contributed by atoms with Gasteiger partial charge in [-0.2, -0.15) is 4.31 Å². The summed E-state index contributed by atoms with van der Waals surface area (Å²) in [6.07, 6.45) is 5.40. The van der Waals surface area contributed by atoms with Crippen molar-refractivity contribution in [2.24, 2.45) is 0 Å². The predicted molar refractivity (Wildman–Crippen MR) is 74.0 cm³/mol. The van der Waals surface area contributed by atoms with Gasteiger partial charge in [0.25, 0.3) is 0 Å².